The van der Waals surface area contributed by atoms with Crippen LogP contribution in [-0.2, 0) is 11.2 Å². The van der Waals surface area contributed by atoms with Crippen LogP contribution in [0.1, 0.15) is 26.3 Å². The smallest absolute Gasteiger partial charge is 0.236 e. The van der Waals surface area contributed by atoms with Gasteiger partial charge in [-0.2, -0.15) is 0 Å². The van der Waals surface area contributed by atoms with Crippen LogP contribution in [0.5, 0.6) is 11.5 Å². The third-order valence-electron chi connectivity index (χ3n) is 2.73. The van der Waals surface area contributed by atoms with Crippen molar-refractivity contribution in [1.29, 1.82) is 0 Å². The molecule has 0 aliphatic rings. The first kappa shape index (κ1) is 16.3. The molecule has 20 heavy (non-hydrogen) atoms. The number of hydrogen-bond donors (Lipinski definition) is 2. The first-order chi connectivity index (χ1) is 9.58. The van der Waals surface area contributed by atoms with E-state index in [1.54, 1.807) is 6.92 Å². The van der Waals surface area contributed by atoms with E-state index < -0.39 is 6.04 Å². The Bertz CT molecular complexity index is 433. The van der Waals surface area contributed by atoms with Crippen molar-refractivity contribution in [2.45, 2.75) is 33.2 Å². The van der Waals surface area contributed by atoms with Crippen molar-refractivity contribution < 1.29 is 14.3 Å². The lowest BCUT2D eigenvalue weighted by Crippen LogP contribution is -2.39. The van der Waals surface area contributed by atoms with Gasteiger partial charge in [-0.15, -0.1) is 0 Å². The first-order valence-corrected chi connectivity index (χ1v) is 7.00. The van der Waals surface area contributed by atoms with E-state index in [1.807, 2.05) is 32.0 Å². The minimum absolute atomic E-state index is 0.138. The summed E-state index contributed by atoms with van der Waals surface area (Å²) in [6.45, 7) is 7.28. The Kier molecular flexibility index (Phi) is 6.87. The van der Waals surface area contributed by atoms with Crippen LogP contribution in [0.3, 0.4) is 0 Å². The van der Waals surface area contributed by atoms with Crippen LogP contribution in [0.4, 0.5) is 0 Å². The molecule has 0 heterocycles. The first-order valence-electron chi connectivity index (χ1n) is 7.00. The molecular formula is C15H24N2O3. The van der Waals surface area contributed by atoms with Gasteiger partial charge in [0.2, 0.25) is 5.91 Å². The number of ether oxygens (including phenoxy) is 2. The fourth-order valence-corrected chi connectivity index (χ4v) is 1.74. The Balaban J connectivity index is 2.62. The number of rotatable bonds is 8. The Hall–Kier alpha value is -1.75. The van der Waals surface area contributed by atoms with Crippen LogP contribution in [0.25, 0.3) is 0 Å². The van der Waals surface area contributed by atoms with Gasteiger partial charge in [0.05, 0.1) is 19.3 Å². The number of amides is 1. The molecule has 0 radical (unpaired) electrons. The normalized spacial score (nSPS) is 11.8. The van der Waals surface area contributed by atoms with Crippen molar-refractivity contribution in [3.8, 4) is 11.5 Å². The molecule has 0 spiro atoms. The molecule has 112 valence electrons. The van der Waals surface area contributed by atoms with Gasteiger partial charge in [0.25, 0.3) is 0 Å². The van der Waals surface area contributed by atoms with Crippen LogP contribution in [-0.4, -0.2) is 31.7 Å². The number of nitrogens with one attached hydrogen (secondary N) is 1. The highest BCUT2D eigenvalue weighted by Crippen LogP contribution is 2.28. The molecule has 0 aromatic heterocycles. The topological polar surface area (TPSA) is 73.6 Å². The molecule has 0 saturated carbocycles. The molecule has 1 aromatic carbocycles. The molecule has 1 atom stereocenters. The number of hydrogen-bond acceptors (Lipinski definition) is 4. The maximum atomic E-state index is 11.4. The summed E-state index contributed by atoms with van der Waals surface area (Å²) in [5.74, 6) is 1.35. The summed E-state index contributed by atoms with van der Waals surface area (Å²) < 4.78 is 11.1. The number of carbonyl (C=O) groups is 1. The lowest BCUT2D eigenvalue weighted by Gasteiger charge is -2.13. The van der Waals surface area contributed by atoms with E-state index in [1.165, 1.54) is 0 Å². The molecule has 0 fully saturated rings. The average molecular weight is 280 g/mol. The standard InChI is InChI=1S/C15H24N2O3/c1-4-19-13-7-6-12(10-14(13)20-5-2)8-9-17-15(18)11(3)16/h6-7,10-11H,4-5,8-9,16H2,1-3H3,(H,17,18)/t11-/m1/s1. The summed E-state index contributed by atoms with van der Waals surface area (Å²) in [5, 5.41) is 2.79. The van der Waals surface area contributed by atoms with Gasteiger partial charge in [-0.3, -0.25) is 4.79 Å². The number of nitrogens with two attached hydrogens (primary N) is 1. The van der Waals surface area contributed by atoms with E-state index in [2.05, 4.69) is 5.32 Å². The zero-order chi connectivity index (χ0) is 15.0. The van der Waals surface area contributed by atoms with Gasteiger partial charge in [0.15, 0.2) is 11.5 Å². The highest BCUT2D eigenvalue weighted by molar-refractivity contribution is 5.80. The summed E-state index contributed by atoms with van der Waals surface area (Å²) in [5.41, 5.74) is 6.57. The molecule has 0 aliphatic carbocycles. The molecule has 0 saturated heterocycles. The van der Waals surface area contributed by atoms with Crippen LogP contribution >= 0.6 is 0 Å². The molecule has 5 heteroatoms. The summed E-state index contributed by atoms with van der Waals surface area (Å²) in [6, 6.07) is 5.35. The van der Waals surface area contributed by atoms with Gasteiger partial charge in [-0.05, 0) is 44.9 Å². The Morgan fingerprint density at radius 2 is 1.90 bits per heavy atom. The third kappa shape index (κ3) is 5.09. The molecule has 1 amide bonds. The SMILES string of the molecule is CCOc1ccc(CCNC(=O)[C@@H](C)N)cc1OCC. The Labute approximate surface area is 120 Å². The summed E-state index contributed by atoms with van der Waals surface area (Å²) in [4.78, 5) is 11.4. The predicted molar refractivity (Wildman–Crippen MR) is 79.1 cm³/mol. The van der Waals surface area contributed by atoms with E-state index in [-0.39, 0.29) is 5.91 Å². The fraction of sp³-hybridized carbons (Fsp3) is 0.533. The zero-order valence-electron chi connectivity index (χ0n) is 12.4. The van der Waals surface area contributed by atoms with Gasteiger partial charge >= 0.3 is 0 Å². The van der Waals surface area contributed by atoms with Crippen molar-refractivity contribution in [1.82, 2.24) is 5.32 Å². The van der Waals surface area contributed by atoms with E-state index >= 15 is 0 Å². The van der Waals surface area contributed by atoms with Crippen LogP contribution in [0.2, 0.25) is 0 Å². The lowest BCUT2D eigenvalue weighted by atomic mass is 10.1. The van der Waals surface area contributed by atoms with Crippen molar-refractivity contribution in [2.24, 2.45) is 5.73 Å². The van der Waals surface area contributed by atoms with Gasteiger partial charge in [0.1, 0.15) is 0 Å². The molecule has 1 aromatic rings. The monoisotopic (exact) mass is 280 g/mol. The number of benzene rings is 1. The van der Waals surface area contributed by atoms with E-state index in [0.717, 1.165) is 23.5 Å². The second kappa shape index (κ2) is 8.43. The minimum atomic E-state index is -0.477. The van der Waals surface area contributed by atoms with Crippen molar-refractivity contribution in [3.63, 3.8) is 0 Å². The predicted octanol–water partition coefficient (Wildman–Crippen LogP) is 1.49. The maximum Gasteiger partial charge on any atom is 0.236 e. The quantitative estimate of drug-likeness (QED) is 0.756. The molecule has 0 aliphatic heterocycles. The molecule has 0 unspecified atom stereocenters. The van der Waals surface area contributed by atoms with Gasteiger partial charge in [0, 0.05) is 6.54 Å². The molecule has 5 nitrogen and oxygen atoms in total. The maximum absolute atomic E-state index is 11.4. The van der Waals surface area contributed by atoms with Crippen molar-refractivity contribution >= 4 is 5.91 Å². The third-order valence-corrected chi connectivity index (χ3v) is 2.73. The second-order valence-corrected chi connectivity index (χ2v) is 4.48. The molecule has 1 rings (SSSR count). The summed E-state index contributed by atoms with van der Waals surface area (Å²) in [7, 11) is 0. The summed E-state index contributed by atoms with van der Waals surface area (Å²) in [6.07, 6.45) is 0.727. The average Bonchev–Trinajstić information content (AvgIpc) is 2.41. The van der Waals surface area contributed by atoms with Gasteiger partial charge in [-0.25, -0.2) is 0 Å². The Morgan fingerprint density at radius 3 is 2.50 bits per heavy atom. The number of carbonyl (C=O) groups excluding carboxylic acids is 1. The Morgan fingerprint density at radius 1 is 1.25 bits per heavy atom. The van der Waals surface area contributed by atoms with E-state index in [0.29, 0.717) is 19.8 Å². The highest BCUT2D eigenvalue weighted by atomic mass is 16.5. The molecular weight excluding hydrogens is 256 g/mol. The van der Waals surface area contributed by atoms with Crippen LogP contribution < -0.4 is 20.5 Å². The zero-order valence-corrected chi connectivity index (χ0v) is 12.4. The van der Waals surface area contributed by atoms with Crippen LogP contribution in [0, 0.1) is 0 Å². The van der Waals surface area contributed by atoms with Crippen molar-refractivity contribution in [3.05, 3.63) is 23.8 Å². The fourth-order valence-electron chi connectivity index (χ4n) is 1.74. The molecule has 3 N–H and O–H groups in total. The lowest BCUT2D eigenvalue weighted by molar-refractivity contribution is -0.121. The van der Waals surface area contributed by atoms with Crippen molar-refractivity contribution in [2.75, 3.05) is 19.8 Å². The van der Waals surface area contributed by atoms with Gasteiger partial charge in [-0.1, -0.05) is 6.07 Å². The van der Waals surface area contributed by atoms with Crippen LogP contribution in [0.15, 0.2) is 18.2 Å². The highest BCUT2D eigenvalue weighted by Gasteiger charge is 2.08. The second-order valence-electron chi connectivity index (χ2n) is 4.48. The van der Waals surface area contributed by atoms with E-state index in [9.17, 15) is 4.79 Å². The minimum Gasteiger partial charge on any atom is -0.490 e. The largest absolute Gasteiger partial charge is 0.490 e. The summed E-state index contributed by atoms with van der Waals surface area (Å²) >= 11 is 0. The van der Waals surface area contributed by atoms with Gasteiger partial charge < -0.3 is 20.5 Å². The molecule has 0 bridgehead atoms. The van der Waals surface area contributed by atoms with E-state index in [4.69, 9.17) is 15.2 Å².